The maximum atomic E-state index is 14.9. The molecule has 4 fully saturated rings. The number of esters is 2. The Labute approximate surface area is 496 Å². The molecule has 1 amide bonds. The Kier molecular flexibility index (Phi) is 21.4. The van der Waals surface area contributed by atoms with Crippen LogP contribution in [0.15, 0.2) is 90.2 Å². The van der Waals surface area contributed by atoms with Gasteiger partial charge < -0.3 is 43.5 Å². The van der Waals surface area contributed by atoms with Gasteiger partial charge in [0.25, 0.3) is 11.7 Å². The number of rotatable bonds is 10. The van der Waals surface area contributed by atoms with Gasteiger partial charge in [0, 0.05) is 82.7 Å². The van der Waals surface area contributed by atoms with Crippen LogP contribution in [0.5, 0.6) is 0 Å². The van der Waals surface area contributed by atoms with Crippen molar-refractivity contribution in [2.24, 2.45) is 46.8 Å². The van der Waals surface area contributed by atoms with Crippen LogP contribution in [-0.2, 0) is 68.4 Å². The lowest BCUT2D eigenvalue weighted by Crippen LogP contribution is -2.65. The average Bonchev–Trinajstić information content (AvgIpc) is 2.15. The Balaban J connectivity index is 1.10. The van der Waals surface area contributed by atoms with Crippen LogP contribution >= 0.6 is 0 Å². The molecule has 9 heterocycles. The van der Waals surface area contributed by atoms with Crippen molar-refractivity contribution in [2.75, 3.05) is 32.9 Å². The van der Waals surface area contributed by atoms with E-state index in [0.29, 0.717) is 69.8 Å². The van der Waals surface area contributed by atoms with E-state index >= 15 is 0 Å². The summed E-state index contributed by atoms with van der Waals surface area (Å²) >= 11 is 0. The van der Waals surface area contributed by atoms with Gasteiger partial charge in [-0.3, -0.25) is 33.8 Å². The molecular formula is C66H91N3O15. The molecule has 1 aliphatic carbocycles. The van der Waals surface area contributed by atoms with Crippen molar-refractivity contribution in [1.82, 2.24) is 9.88 Å². The molecule has 2 N–H and O–H groups in total. The standard InChI is InChI=1S/C66H91N3O15/c1-38-30-41(4)58(71)60(80-11)59(72)42(5)31-39(2)52(70)36-55-50(33-44-23-27-53(56(34-44)79-10)82-64(76)65(7,8)37-45-18-15-16-28-67-45)49-21-17-29-68(57(49)63(75)81-55)62(74)61(73)66(77)43(6)22-24-47(83-66)35-54(78-9)40(3)32-48-25-26-51(38)69(84-48)46-19-13-12-14-20-46/h12-16,18-20,25-26,28,31-32,38-39,41,43-44,47-51,53-57,59-60,72,77H,17,21-24,27,29-30,33-37H2,1-11H3/b40-32?,42-31+/t38-,39+,41?,43?,44-,47-,48?,49?,50-,51?,53?,54-,55-,56+,57?,59?,60-,66?/m0/s1. The number of allylic oxidation sites excluding steroid dienone is 1. The molecule has 9 unspecified atom stereocenters. The van der Waals surface area contributed by atoms with Gasteiger partial charge in [-0.2, -0.15) is 0 Å². The molecule has 18 heteroatoms. The Morgan fingerprint density at radius 1 is 0.833 bits per heavy atom. The number of carbonyl (C=O) groups is 6. The zero-order chi connectivity index (χ0) is 60.8. The molecule has 18 atom stereocenters. The third-order valence-corrected chi connectivity index (χ3v) is 19.1. The summed E-state index contributed by atoms with van der Waals surface area (Å²) in [6.45, 7) is 14.5. The van der Waals surface area contributed by atoms with Crippen molar-refractivity contribution in [3.05, 3.63) is 95.9 Å². The Hall–Kier alpha value is -5.47. The number of piperidine rings is 1. The first-order valence-corrected chi connectivity index (χ1v) is 30.4. The van der Waals surface area contributed by atoms with E-state index in [4.69, 9.17) is 33.3 Å². The average molecular weight is 1170 g/mol. The predicted octanol–water partition coefficient (Wildman–Crippen LogP) is 8.25. The van der Waals surface area contributed by atoms with E-state index in [9.17, 15) is 39.0 Å². The fourth-order valence-corrected chi connectivity index (χ4v) is 14.0. The molecule has 1 saturated carbocycles. The molecule has 11 rings (SSSR count). The van der Waals surface area contributed by atoms with Crippen LogP contribution in [0.1, 0.15) is 132 Å². The largest absolute Gasteiger partial charge is 0.460 e. The van der Waals surface area contributed by atoms with Gasteiger partial charge in [0.1, 0.15) is 42.3 Å². The van der Waals surface area contributed by atoms with Gasteiger partial charge in [0.15, 0.2) is 5.78 Å². The van der Waals surface area contributed by atoms with Crippen LogP contribution in [-0.4, -0.2) is 150 Å². The SMILES string of the molecule is CO[C@H]1C[C@@H]2CCC(C)C(O)(O2)C(=O)C(=O)N2CCCC3C2C(=O)O[C@@H](CC(=O)[C@H](C)/C=C(\C)C(O)[C@@H](OC)C(=O)C(C)C[C@H](C)C2C=CC(C=C1C)ON2c1ccccc1)[C@H]3C[C@@H]1CCC(OC(=O)C(C)(C)Cc2ccccn2)[C@H](OC)C1. The summed E-state index contributed by atoms with van der Waals surface area (Å²) in [4.78, 5) is 99.4. The maximum Gasteiger partial charge on any atom is 0.329 e. The highest BCUT2D eigenvalue weighted by Crippen LogP contribution is 2.46. The summed E-state index contributed by atoms with van der Waals surface area (Å²) in [6.07, 6.45) is 7.65. The van der Waals surface area contributed by atoms with Crippen molar-refractivity contribution < 1.29 is 72.2 Å². The first-order chi connectivity index (χ1) is 40.0. The number of Topliss-reactive ketones (excluding diaryl/α,β-unsaturated/α-hetero) is 3. The minimum Gasteiger partial charge on any atom is -0.460 e. The zero-order valence-electron chi connectivity index (χ0n) is 51.1. The topological polar surface area (TPSA) is 227 Å². The minimum absolute atomic E-state index is 0.0475. The van der Waals surface area contributed by atoms with Crippen molar-refractivity contribution in [1.29, 1.82) is 0 Å². The smallest absolute Gasteiger partial charge is 0.329 e. The number of hydroxylamine groups is 1. The van der Waals surface area contributed by atoms with Gasteiger partial charge in [0.2, 0.25) is 5.79 Å². The Bertz CT molecular complexity index is 2730. The molecule has 1 aromatic heterocycles. The van der Waals surface area contributed by atoms with E-state index in [2.05, 4.69) is 18.0 Å². The van der Waals surface area contributed by atoms with E-state index in [1.165, 1.54) is 12.0 Å². The van der Waals surface area contributed by atoms with E-state index in [-0.39, 0.29) is 54.8 Å². The normalized spacial score (nSPS) is 36.9. The number of aromatic nitrogens is 1. The first-order valence-electron chi connectivity index (χ1n) is 30.4. The highest BCUT2D eigenvalue weighted by Gasteiger charge is 2.57. The summed E-state index contributed by atoms with van der Waals surface area (Å²) in [5, 5.41) is 26.1. The predicted molar refractivity (Wildman–Crippen MR) is 312 cm³/mol. The molecular weight excluding hydrogens is 1070 g/mol. The highest BCUT2D eigenvalue weighted by atomic mass is 16.7. The number of aliphatic hydroxyl groups is 2. The van der Waals surface area contributed by atoms with E-state index in [0.717, 1.165) is 17.0 Å². The maximum absolute atomic E-state index is 14.9. The molecule has 3 saturated heterocycles. The number of anilines is 1. The number of para-hydroxylation sites is 1. The summed E-state index contributed by atoms with van der Waals surface area (Å²) < 4.78 is 36.7. The second-order valence-electron chi connectivity index (χ2n) is 25.6. The van der Waals surface area contributed by atoms with Gasteiger partial charge in [-0.15, -0.1) is 0 Å². The molecule has 1 aromatic carbocycles. The molecule has 8 bridgehead atoms. The summed E-state index contributed by atoms with van der Waals surface area (Å²) in [5.41, 5.74) is 1.88. The number of methoxy groups -OCH3 is 3. The molecule has 18 nitrogen and oxygen atoms in total. The van der Waals surface area contributed by atoms with Gasteiger partial charge in [-0.05, 0) is 145 Å². The summed E-state index contributed by atoms with van der Waals surface area (Å²) in [5.74, 6) is -9.73. The molecule has 9 aliphatic rings. The lowest BCUT2D eigenvalue weighted by atomic mass is 9.68. The third kappa shape index (κ3) is 14.5. The number of carbonyl (C=O) groups excluding carboxylic acids is 6. The lowest BCUT2D eigenvalue weighted by Gasteiger charge is -2.50. The number of nitrogens with zero attached hydrogens (tertiary/aromatic N) is 3. The van der Waals surface area contributed by atoms with E-state index in [1.54, 1.807) is 47.3 Å². The van der Waals surface area contributed by atoms with Gasteiger partial charge >= 0.3 is 11.9 Å². The minimum atomic E-state index is -2.51. The second-order valence-corrected chi connectivity index (χ2v) is 25.6. The van der Waals surface area contributed by atoms with Crippen LogP contribution in [0, 0.1) is 46.8 Å². The number of benzene rings is 1. The van der Waals surface area contributed by atoms with Gasteiger partial charge in [-0.1, -0.05) is 70.2 Å². The second kappa shape index (κ2) is 27.9. The Morgan fingerprint density at radius 3 is 2.26 bits per heavy atom. The highest BCUT2D eigenvalue weighted by molar-refractivity contribution is 6.39. The van der Waals surface area contributed by atoms with Crippen molar-refractivity contribution in [3.63, 3.8) is 0 Å². The molecule has 84 heavy (non-hydrogen) atoms. The molecule has 0 spiro atoms. The van der Waals surface area contributed by atoms with Crippen LogP contribution in [0.3, 0.4) is 0 Å². The number of amides is 1. The molecule has 0 radical (unpaired) electrons. The van der Waals surface area contributed by atoms with Crippen molar-refractivity contribution in [3.8, 4) is 0 Å². The van der Waals surface area contributed by atoms with Crippen LogP contribution in [0.4, 0.5) is 5.69 Å². The number of hydrogen-bond acceptors (Lipinski definition) is 17. The molecule has 8 aliphatic heterocycles. The summed E-state index contributed by atoms with van der Waals surface area (Å²) in [6, 6.07) is 13.8. The quantitative estimate of drug-likeness (QED) is 0.130. The number of ketones is 3. The van der Waals surface area contributed by atoms with E-state index < -0.39 is 113 Å². The molecule has 460 valence electrons. The Morgan fingerprint density at radius 2 is 1.57 bits per heavy atom. The monoisotopic (exact) mass is 1170 g/mol. The van der Waals surface area contributed by atoms with Gasteiger partial charge in [0.05, 0.1) is 35.5 Å². The first kappa shape index (κ1) is 64.5. The molecule has 2 aromatic rings. The number of hydrogen-bond donors (Lipinski definition) is 2. The number of aliphatic hydroxyl groups excluding tert-OH is 1. The summed E-state index contributed by atoms with van der Waals surface area (Å²) in [7, 11) is 4.55. The fourth-order valence-electron chi connectivity index (χ4n) is 14.0. The van der Waals surface area contributed by atoms with Crippen LogP contribution < -0.4 is 5.06 Å². The van der Waals surface area contributed by atoms with Gasteiger partial charge in [-0.25, -0.2) is 9.86 Å². The lowest BCUT2D eigenvalue weighted by molar-refractivity contribution is -0.266. The van der Waals surface area contributed by atoms with Crippen molar-refractivity contribution >= 4 is 40.9 Å². The fraction of sp³-hybridized carbons (Fsp3) is 0.652. The van der Waals surface area contributed by atoms with Crippen LogP contribution in [0.25, 0.3) is 0 Å². The van der Waals surface area contributed by atoms with Crippen LogP contribution in [0.2, 0.25) is 0 Å². The van der Waals surface area contributed by atoms with E-state index in [1.807, 2.05) is 93.4 Å². The number of pyridine rings is 1. The van der Waals surface area contributed by atoms with Crippen molar-refractivity contribution in [2.45, 2.75) is 199 Å². The zero-order valence-corrected chi connectivity index (χ0v) is 51.1. The third-order valence-electron chi connectivity index (χ3n) is 19.1. The number of ether oxygens (including phenoxy) is 6.